The molecular weight excluding hydrogens is 288 g/mol. The summed E-state index contributed by atoms with van der Waals surface area (Å²) in [6.45, 7) is 0. The Balaban J connectivity index is 2.86. The van der Waals surface area contributed by atoms with Gasteiger partial charge in [-0.05, 0) is 12.1 Å². The first-order valence-electron chi connectivity index (χ1n) is 4.43. The fourth-order valence-corrected chi connectivity index (χ4v) is 1.96. The number of hydrogen-bond donors (Lipinski definition) is 0. The molecule has 0 spiro atoms. The maximum absolute atomic E-state index is 13.3. The lowest BCUT2D eigenvalue weighted by molar-refractivity contribution is -0.299. The van der Waals surface area contributed by atoms with Crippen LogP contribution in [0.1, 0.15) is 0 Å². The molecule has 1 aromatic carbocycles. The van der Waals surface area contributed by atoms with E-state index in [1.165, 1.54) is 18.2 Å². The third-order valence-corrected chi connectivity index (χ3v) is 2.85. The largest absolute Gasteiger partial charge is 0.424 e. The fourth-order valence-electron chi connectivity index (χ4n) is 1.00. The summed E-state index contributed by atoms with van der Waals surface area (Å²) >= 11 is 0. The van der Waals surface area contributed by atoms with Crippen LogP contribution in [0.25, 0.3) is 0 Å². The van der Waals surface area contributed by atoms with Gasteiger partial charge in [0.15, 0.2) is 0 Å². The van der Waals surface area contributed by atoms with Gasteiger partial charge in [-0.3, -0.25) is 0 Å². The monoisotopic (exact) mass is 294 g/mol. The van der Waals surface area contributed by atoms with E-state index in [0.29, 0.717) is 0 Å². The molecule has 0 fully saturated rings. The molecule has 0 amide bonds. The molecule has 0 aromatic heterocycles. The van der Waals surface area contributed by atoms with Crippen molar-refractivity contribution in [3.05, 3.63) is 30.3 Å². The summed E-state index contributed by atoms with van der Waals surface area (Å²) in [7, 11) is -3.48. The van der Waals surface area contributed by atoms with E-state index in [1.807, 2.05) is 0 Å². The van der Waals surface area contributed by atoms with Crippen molar-refractivity contribution in [2.24, 2.45) is 0 Å². The van der Waals surface area contributed by atoms with Crippen molar-refractivity contribution in [2.45, 2.75) is 18.5 Å². The third kappa shape index (κ3) is 4.10. The van der Waals surface area contributed by atoms with Gasteiger partial charge in [-0.15, -0.1) is 0 Å². The Hall–Kier alpha value is -0.880. The van der Waals surface area contributed by atoms with E-state index >= 15 is 0 Å². The molecule has 0 aliphatic heterocycles. The second kappa shape index (κ2) is 5.40. The normalized spacial score (nSPS) is 14.9. The minimum atomic E-state index is -5.71. The molecule has 1 unspecified atom stereocenters. The second-order valence-electron chi connectivity index (χ2n) is 3.15. The maximum Gasteiger partial charge on any atom is 0.424 e. The zero-order valence-corrected chi connectivity index (χ0v) is 9.36. The first kappa shape index (κ1) is 15.2. The zero-order valence-electron chi connectivity index (χ0n) is 8.47. The van der Waals surface area contributed by atoms with Crippen LogP contribution >= 0.6 is 8.46 Å². The standard InChI is InChI=1S/C9H6F7OP/c10-8(11,12)7(9(13,14)15)17-18(16)6-4-2-1-3-5-6/h1-5,7H. The second-order valence-corrected chi connectivity index (χ2v) is 4.37. The van der Waals surface area contributed by atoms with Crippen molar-refractivity contribution < 1.29 is 35.1 Å². The summed E-state index contributed by atoms with van der Waals surface area (Å²) < 4.78 is 89.3. The summed E-state index contributed by atoms with van der Waals surface area (Å²) in [4.78, 5) is 0. The minimum absolute atomic E-state index is 0.356. The number of halogens is 7. The smallest absolute Gasteiger partial charge is 0.304 e. The van der Waals surface area contributed by atoms with E-state index in [-0.39, 0.29) is 5.30 Å². The molecule has 1 nitrogen and oxygen atoms in total. The molecule has 102 valence electrons. The Morgan fingerprint density at radius 3 is 1.72 bits per heavy atom. The molecule has 1 rings (SSSR count). The Labute approximate surface area is 98.5 Å². The summed E-state index contributed by atoms with van der Waals surface area (Å²) in [6, 6.07) is 6.11. The molecule has 9 heteroatoms. The quantitative estimate of drug-likeness (QED) is 0.602. The van der Waals surface area contributed by atoms with Gasteiger partial charge in [0.05, 0.1) is 0 Å². The Morgan fingerprint density at radius 2 is 1.33 bits per heavy atom. The van der Waals surface area contributed by atoms with Gasteiger partial charge in [0.25, 0.3) is 14.6 Å². The van der Waals surface area contributed by atoms with Crippen LogP contribution in [0.15, 0.2) is 30.3 Å². The van der Waals surface area contributed by atoms with Crippen LogP contribution < -0.4 is 5.30 Å². The van der Waals surface area contributed by atoms with Gasteiger partial charge in [-0.25, -0.2) is 0 Å². The molecule has 0 aliphatic rings. The highest BCUT2D eigenvalue weighted by Crippen LogP contribution is 2.46. The van der Waals surface area contributed by atoms with Gasteiger partial charge in [0, 0.05) is 5.30 Å². The molecule has 0 aliphatic carbocycles. The minimum Gasteiger partial charge on any atom is -0.304 e. The summed E-state index contributed by atoms with van der Waals surface area (Å²) in [5.41, 5.74) is 0. The van der Waals surface area contributed by atoms with Crippen LogP contribution in [0.2, 0.25) is 0 Å². The van der Waals surface area contributed by atoms with E-state index < -0.39 is 26.9 Å². The Morgan fingerprint density at radius 1 is 0.889 bits per heavy atom. The van der Waals surface area contributed by atoms with Crippen molar-refractivity contribution in [1.29, 1.82) is 0 Å². The van der Waals surface area contributed by atoms with Crippen LogP contribution in [0.4, 0.5) is 30.5 Å². The predicted molar refractivity (Wildman–Crippen MR) is 51.1 cm³/mol. The predicted octanol–water partition coefficient (Wildman–Crippen LogP) is 4.10. The molecule has 0 saturated heterocycles. The molecule has 0 bridgehead atoms. The molecule has 0 saturated carbocycles. The highest BCUT2D eigenvalue weighted by molar-refractivity contribution is 7.55. The number of rotatable bonds is 3. The van der Waals surface area contributed by atoms with Crippen LogP contribution in [-0.2, 0) is 4.52 Å². The summed E-state index contributed by atoms with van der Waals surface area (Å²) in [5.74, 6) is 0. The average molecular weight is 294 g/mol. The van der Waals surface area contributed by atoms with E-state index in [1.54, 1.807) is 0 Å². The first-order valence-corrected chi connectivity index (χ1v) is 5.58. The van der Waals surface area contributed by atoms with E-state index in [9.17, 15) is 30.5 Å². The molecule has 1 atom stereocenters. The van der Waals surface area contributed by atoms with Crippen LogP contribution in [0.3, 0.4) is 0 Å². The number of alkyl halides is 6. The van der Waals surface area contributed by atoms with Crippen molar-refractivity contribution in [3.63, 3.8) is 0 Å². The van der Waals surface area contributed by atoms with Gasteiger partial charge in [-0.2, -0.15) is 30.5 Å². The molecular formula is C9H6F7OP. The highest BCUT2D eigenvalue weighted by Gasteiger charge is 2.59. The SMILES string of the molecule is FP(OC(C(F)(F)F)C(F)(F)F)c1ccccc1. The van der Waals surface area contributed by atoms with Crippen molar-refractivity contribution >= 4 is 13.8 Å². The number of hydrogen-bond acceptors (Lipinski definition) is 1. The molecule has 0 N–H and O–H groups in total. The van der Waals surface area contributed by atoms with E-state index in [2.05, 4.69) is 4.52 Å². The van der Waals surface area contributed by atoms with Crippen molar-refractivity contribution in [3.8, 4) is 0 Å². The molecule has 0 radical (unpaired) electrons. The lowest BCUT2D eigenvalue weighted by Gasteiger charge is -2.24. The summed E-state index contributed by atoms with van der Waals surface area (Å²) in [6.07, 6.45) is -15.5. The average Bonchev–Trinajstić information content (AvgIpc) is 2.23. The maximum atomic E-state index is 13.3. The van der Waals surface area contributed by atoms with Gasteiger partial charge in [0.1, 0.15) is 0 Å². The molecule has 0 heterocycles. The zero-order chi connectivity index (χ0) is 14.0. The van der Waals surface area contributed by atoms with Gasteiger partial charge in [0.2, 0.25) is 0 Å². The summed E-state index contributed by atoms with van der Waals surface area (Å²) in [5, 5.41) is -0.356. The molecule has 1 aromatic rings. The lowest BCUT2D eigenvalue weighted by atomic mass is 10.3. The van der Waals surface area contributed by atoms with Gasteiger partial charge < -0.3 is 4.52 Å². The Kier molecular flexibility index (Phi) is 4.55. The third-order valence-electron chi connectivity index (χ3n) is 1.75. The van der Waals surface area contributed by atoms with Crippen molar-refractivity contribution in [1.82, 2.24) is 0 Å². The van der Waals surface area contributed by atoms with Crippen molar-refractivity contribution in [2.75, 3.05) is 0 Å². The van der Waals surface area contributed by atoms with Crippen LogP contribution in [0, 0.1) is 0 Å². The first-order chi connectivity index (χ1) is 8.12. The van der Waals surface area contributed by atoms with Gasteiger partial charge >= 0.3 is 12.4 Å². The van der Waals surface area contributed by atoms with Crippen LogP contribution in [0.5, 0.6) is 0 Å². The van der Waals surface area contributed by atoms with Gasteiger partial charge in [-0.1, -0.05) is 18.2 Å². The van der Waals surface area contributed by atoms with E-state index in [4.69, 9.17) is 0 Å². The Bertz CT molecular complexity index is 361. The molecule has 18 heavy (non-hydrogen) atoms. The number of benzene rings is 1. The fraction of sp³-hybridized carbons (Fsp3) is 0.333. The van der Waals surface area contributed by atoms with E-state index in [0.717, 1.165) is 12.1 Å². The lowest BCUT2D eigenvalue weighted by Crippen LogP contribution is -2.43. The topological polar surface area (TPSA) is 9.23 Å². The van der Waals surface area contributed by atoms with Crippen LogP contribution in [-0.4, -0.2) is 18.5 Å². The highest BCUT2D eigenvalue weighted by atomic mass is 31.2.